The fraction of sp³-hybridized carbons (Fsp3) is 0.192. The van der Waals surface area contributed by atoms with Gasteiger partial charge in [-0.2, -0.15) is 0 Å². The van der Waals surface area contributed by atoms with Gasteiger partial charge in [0.25, 0.3) is 17.5 Å². The molecule has 0 aliphatic carbocycles. The Hall–Kier alpha value is -4.73. The molecule has 1 saturated heterocycles. The van der Waals surface area contributed by atoms with Crippen LogP contribution in [0.2, 0.25) is 0 Å². The normalized spacial score (nSPS) is 14.9. The Labute approximate surface area is 206 Å². The van der Waals surface area contributed by atoms with Crippen molar-refractivity contribution in [3.8, 4) is 11.4 Å². The third-order valence-corrected chi connectivity index (χ3v) is 6.31. The molecule has 10 heteroatoms. The van der Waals surface area contributed by atoms with Crippen molar-refractivity contribution < 1.29 is 24.0 Å². The van der Waals surface area contributed by atoms with Crippen LogP contribution < -0.4 is 15.0 Å². The molecule has 184 valence electrons. The molecular weight excluding hydrogens is 464 g/mol. The molecule has 0 saturated carbocycles. The first-order chi connectivity index (χ1) is 17.0. The summed E-state index contributed by atoms with van der Waals surface area (Å²) in [5, 5.41) is 14.0. The fourth-order valence-electron chi connectivity index (χ4n) is 4.28. The highest BCUT2D eigenvalue weighted by atomic mass is 16.6. The van der Waals surface area contributed by atoms with Crippen molar-refractivity contribution in [2.75, 3.05) is 12.0 Å². The van der Waals surface area contributed by atoms with E-state index in [2.05, 4.69) is 5.32 Å². The number of nitro benzene ring substituents is 1. The summed E-state index contributed by atoms with van der Waals surface area (Å²) >= 11 is 0. The lowest BCUT2D eigenvalue weighted by Gasteiger charge is -2.28. The number of rotatable bonds is 5. The number of hydrogen-bond donors (Lipinski definition) is 1. The molecule has 1 aliphatic rings. The lowest BCUT2D eigenvalue weighted by molar-refractivity contribution is -0.384. The number of urea groups is 1. The molecule has 0 unspecified atom stereocenters. The van der Waals surface area contributed by atoms with Crippen LogP contribution in [-0.2, 0) is 9.59 Å². The van der Waals surface area contributed by atoms with E-state index in [1.54, 1.807) is 55.7 Å². The quantitative estimate of drug-likeness (QED) is 0.247. The maximum atomic E-state index is 13.4. The zero-order chi connectivity index (χ0) is 26.3. The fourth-order valence-corrected chi connectivity index (χ4v) is 4.28. The second kappa shape index (κ2) is 9.14. The van der Waals surface area contributed by atoms with Gasteiger partial charge in [0.15, 0.2) is 0 Å². The number of benzene rings is 2. The molecule has 3 aromatic rings. The number of barbiturate groups is 1. The predicted molar refractivity (Wildman–Crippen MR) is 133 cm³/mol. The third-order valence-electron chi connectivity index (χ3n) is 6.31. The first kappa shape index (κ1) is 24.4. The Morgan fingerprint density at radius 3 is 2.39 bits per heavy atom. The molecule has 0 atom stereocenters. The van der Waals surface area contributed by atoms with Gasteiger partial charge in [0, 0.05) is 11.4 Å². The smallest absolute Gasteiger partial charge is 0.335 e. The van der Waals surface area contributed by atoms with Gasteiger partial charge in [0.1, 0.15) is 17.0 Å². The zero-order valence-corrected chi connectivity index (χ0v) is 20.4. The average Bonchev–Trinajstić information content (AvgIpc) is 3.11. The van der Waals surface area contributed by atoms with E-state index in [1.807, 2.05) is 13.0 Å². The standard InChI is InChI=1S/C26H24N4O6/c1-14-7-6-8-21(16(14)3)29-25(32)20(24(31)27-26(29)33)12-18-11-15(2)28(17(18)4)22-10-9-19(36-5)13-23(22)30(34)35/h6-13H,1-5H3,(H,27,31,33)/b20-12+. The molecule has 1 aliphatic heterocycles. The second-order valence-electron chi connectivity index (χ2n) is 8.45. The predicted octanol–water partition coefficient (Wildman–Crippen LogP) is 4.29. The Morgan fingerprint density at radius 2 is 1.72 bits per heavy atom. The van der Waals surface area contributed by atoms with E-state index in [0.717, 1.165) is 16.0 Å². The van der Waals surface area contributed by atoms with Crippen LogP contribution in [0.5, 0.6) is 5.75 Å². The number of ether oxygens (including phenoxy) is 1. The molecule has 2 aromatic carbocycles. The van der Waals surface area contributed by atoms with Crippen LogP contribution in [-0.4, -0.2) is 34.4 Å². The number of aryl methyl sites for hydroxylation is 2. The monoisotopic (exact) mass is 488 g/mol. The third kappa shape index (κ3) is 4.02. The number of amides is 4. The largest absolute Gasteiger partial charge is 0.496 e. The minimum atomic E-state index is -0.824. The molecule has 0 spiro atoms. The van der Waals surface area contributed by atoms with E-state index < -0.39 is 22.8 Å². The zero-order valence-electron chi connectivity index (χ0n) is 20.4. The van der Waals surface area contributed by atoms with Crippen molar-refractivity contribution >= 4 is 35.3 Å². The Balaban J connectivity index is 1.82. The van der Waals surface area contributed by atoms with Gasteiger partial charge in [0.2, 0.25) is 0 Å². The summed E-state index contributed by atoms with van der Waals surface area (Å²) in [5.41, 5.74) is 3.67. The summed E-state index contributed by atoms with van der Waals surface area (Å²) in [4.78, 5) is 50.8. The summed E-state index contributed by atoms with van der Waals surface area (Å²) in [7, 11) is 1.42. The SMILES string of the molecule is COc1ccc(-n2c(C)cc(/C=C3\C(=O)NC(=O)N(c4cccc(C)c4C)C3=O)c2C)c([N+](=O)[O-])c1. The van der Waals surface area contributed by atoms with Gasteiger partial charge in [-0.05, 0) is 74.7 Å². The molecule has 10 nitrogen and oxygen atoms in total. The van der Waals surface area contributed by atoms with Crippen LogP contribution in [0, 0.1) is 37.8 Å². The summed E-state index contributed by atoms with van der Waals surface area (Å²) in [6.07, 6.45) is 1.40. The molecule has 1 N–H and O–H groups in total. The molecule has 4 rings (SSSR count). The minimum absolute atomic E-state index is 0.159. The average molecular weight is 489 g/mol. The maximum Gasteiger partial charge on any atom is 0.335 e. The van der Waals surface area contributed by atoms with Crippen molar-refractivity contribution in [3.63, 3.8) is 0 Å². The van der Waals surface area contributed by atoms with Crippen LogP contribution in [0.1, 0.15) is 28.1 Å². The Kier molecular flexibility index (Phi) is 6.19. The first-order valence-electron chi connectivity index (χ1n) is 11.0. The van der Waals surface area contributed by atoms with Gasteiger partial charge in [-0.3, -0.25) is 25.0 Å². The second-order valence-corrected chi connectivity index (χ2v) is 8.45. The summed E-state index contributed by atoms with van der Waals surface area (Å²) < 4.78 is 6.79. The van der Waals surface area contributed by atoms with E-state index >= 15 is 0 Å². The number of anilines is 1. The number of carbonyl (C=O) groups excluding carboxylic acids is 3. The Bertz CT molecular complexity index is 1480. The summed E-state index contributed by atoms with van der Waals surface area (Å²) in [6, 6.07) is 10.6. The number of nitrogens with zero attached hydrogens (tertiary/aromatic N) is 3. The van der Waals surface area contributed by atoms with E-state index in [1.165, 1.54) is 19.3 Å². The van der Waals surface area contributed by atoms with Gasteiger partial charge in [-0.25, -0.2) is 9.69 Å². The molecule has 36 heavy (non-hydrogen) atoms. The van der Waals surface area contributed by atoms with Crippen molar-refractivity contribution in [2.24, 2.45) is 0 Å². The van der Waals surface area contributed by atoms with Crippen LogP contribution >= 0.6 is 0 Å². The van der Waals surface area contributed by atoms with E-state index in [9.17, 15) is 24.5 Å². The molecule has 1 fully saturated rings. The number of nitro groups is 1. The van der Waals surface area contributed by atoms with Gasteiger partial charge in [-0.15, -0.1) is 0 Å². The van der Waals surface area contributed by atoms with E-state index in [-0.39, 0.29) is 11.3 Å². The number of carbonyl (C=O) groups is 3. The van der Waals surface area contributed by atoms with E-state index in [4.69, 9.17) is 4.74 Å². The van der Waals surface area contributed by atoms with E-state index in [0.29, 0.717) is 34.1 Å². The highest BCUT2D eigenvalue weighted by Crippen LogP contribution is 2.33. The van der Waals surface area contributed by atoms with Gasteiger partial charge < -0.3 is 9.30 Å². The van der Waals surface area contributed by atoms with Crippen LogP contribution in [0.15, 0.2) is 48.0 Å². The van der Waals surface area contributed by atoms with Crippen molar-refractivity contribution in [3.05, 3.63) is 86.2 Å². The molecule has 0 bridgehead atoms. The van der Waals surface area contributed by atoms with Crippen LogP contribution in [0.3, 0.4) is 0 Å². The number of nitrogens with one attached hydrogen (secondary N) is 1. The van der Waals surface area contributed by atoms with Crippen molar-refractivity contribution in [2.45, 2.75) is 27.7 Å². The molecule has 0 radical (unpaired) electrons. The van der Waals surface area contributed by atoms with Crippen LogP contribution in [0.4, 0.5) is 16.2 Å². The molecular formula is C26H24N4O6. The van der Waals surface area contributed by atoms with Crippen molar-refractivity contribution in [1.82, 2.24) is 9.88 Å². The highest BCUT2D eigenvalue weighted by molar-refractivity contribution is 6.39. The highest BCUT2D eigenvalue weighted by Gasteiger charge is 2.37. The van der Waals surface area contributed by atoms with Crippen molar-refractivity contribution in [1.29, 1.82) is 0 Å². The van der Waals surface area contributed by atoms with Gasteiger partial charge in [-0.1, -0.05) is 12.1 Å². The minimum Gasteiger partial charge on any atom is -0.496 e. The molecule has 4 amide bonds. The Morgan fingerprint density at radius 1 is 1.00 bits per heavy atom. The molecule has 2 heterocycles. The summed E-state index contributed by atoms with van der Waals surface area (Å²) in [6.45, 7) is 7.14. The topological polar surface area (TPSA) is 124 Å². The number of aromatic nitrogens is 1. The lowest BCUT2D eigenvalue weighted by Crippen LogP contribution is -2.54. The maximum absolute atomic E-state index is 13.4. The van der Waals surface area contributed by atoms with Gasteiger partial charge >= 0.3 is 6.03 Å². The van der Waals surface area contributed by atoms with Gasteiger partial charge in [0.05, 0.1) is 23.8 Å². The summed E-state index contributed by atoms with van der Waals surface area (Å²) in [5.74, 6) is -1.22. The first-order valence-corrected chi connectivity index (χ1v) is 11.0. The lowest BCUT2D eigenvalue weighted by atomic mass is 10.0. The number of methoxy groups -OCH3 is 1. The molecule has 1 aromatic heterocycles. The van der Waals surface area contributed by atoms with Crippen LogP contribution in [0.25, 0.3) is 11.8 Å². The number of hydrogen-bond acceptors (Lipinski definition) is 6. The number of imide groups is 2.